The van der Waals surface area contributed by atoms with Gasteiger partial charge in [0.05, 0.1) is 0 Å². The summed E-state index contributed by atoms with van der Waals surface area (Å²) >= 11 is 1.64. The lowest BCUT2D eigenvalue weighted by Crippen LogP contribution is -2.10. The van der Waals surface area contributed by atoms with E-state index in [1.807, 2.05) is 17.5 Å². The molecular formula is C10H9N5OS. The van der Waals surface area contributed by atoms with E-state index >= 15 is 0 Å². The molecule has 7 heteroatoms. The van der Waals surface area contributed by atoms with Crippen molar-refractivity contribution in [1.82, 2.24) is 19.9 Å². The number of imidazole rings is 1. The summed E-state index contributed by atoms with van der Waals surface area (Å²) in [5.74, 6) is 0.794. The van der Waals surface area contributed by atoms with E-state index in [4.69, 9.17) is 5.73 Å². The molecule has 4 N–H and O–H groups in total. The predicted molar refractivity (Wildman–Crippen MR) is 66.0 cm³/mol. The van der Waals surface area contributed by atoms with Gasteiger partial charge < -0.3 is 10.7 Å². The summed E-state index contributed by atoms with van der Waals surface area (Å²) in [7, 11) is 0. The second kappa shape index (κ2) is 3.70. The standard InChI is InChI=1S/C10H9N5OS/c11-10-14-8-7(9(16)15-10)12-6(13-8)4-5-2-1-3-17-5/h1-3H,4H2,(H4,11,12,13,14,15,16). The quantitative estimate of drug-likeness (QED) is 0.625. The van der Waals surface area contributed by atoms with Crippen molar-refractivity contribution < 1.29 is 0 Å². The summed E-state index contributed by atoms with van der Waals surface area (Å²) in [5, 5.41) is 2.00. The number of fused-ring (bicyclic) bond motifs is 1. The SMILES string of the molecule is Nc1nc2nc(Cc3cccs3)[nH]c2c(=O)[nH]1. The van der Waals surface area contributed by atoms with E-state index in [0.29, 0.717) is 23.4 Å². The van der Waals surface area contributed by atoms with Gasteiger partial charge in [0, 0.05) is 11.3 Å². The predicted octanol–water partition coefficient (Wildman–Crippen LogP) is 0.881. The molecule has 0 aliphatic heterocycles. The highest BCUT2D eigenvalue weighted by Crippen LogP contribution is 2.14. The lowest BCUT2D eigenvalue weighted by atomic mass is 10.3. The number of rotatable bonds is 2. The van der Waals surface area contributed by atoms with Crippen LogP contribution in [0.3, 0.4) is 0 Å². The van der Waals surface area contributed by atoms with Gasteiger partial charge in [0.2, 0.25) is 5.95 Å². The van der Waals surface area contributed by atoms with E-state index in [9.17, 15) is 4.79 Å². The topological polar surface area (TPSA) is 100 Å². The van der Waals surface area contributed by atoms with E-state index in [0.717, 1.165) is 0 Å². The van der Waals surface area contributed by atoms with Gasteiger partial charge in [-0.15, -0.1) is 11.3 Å². The summed E-state index contributed by atoms with van der Waals surface area (Å²) in [6, 6.07) is 4.00. The number of hydrogen-bond donors (Lipinski definition) is 3. The summed E-state index contributed by atoms with van der Waals surface area (Å²) in [6.07, 6.45) is 0.660. The molecule has 3 rings (SSSR count). The lowest BCUT2D eigenvalue weighted by Gasteiger charge is -1.90. The van der Waals surface area contributed by atoms with Crippen LogP contribution in [-0.4, -0.2) is 19.9 Å². The molecule has 0 spiro atoms. The van der Waals surface area contributed by atoms with Crippen molar-refractivity contribution >= 4 is 28.4 Å². The molecule has 0 aliphatic rings. The van der Waals surface area contributed by atoms with Crippen molar-refractivity contribution in [2.75, 3.05) is 5.73 Å². The molecule has 3 aromatic heterocycles. The Morgan fingerprint density at radius 2 is 2.24 bits per heavy atom. The third-order valence-corrected chi connectivity index (χ3v) is 3.23. The number of aromatic nitrogens is 4. The van der Waals surface area contributed by atoms with Gasteiger partial charge in [-0.3, -0.25) is 9.78 Å². The van der Waals surface area contributed by atoms with E-state index < -0.39 is 0 Å². The molecule has 0 radical (unpaired) electrons. The van der Waals surface area contributed by atoms with Crippen LogP contribution >= 0.6 is 11.3 Å². The fourth-order valence-corrected chi connectivity index (χ4v) is 2.34. The van der Waals surface area contributed by atoms with Gasteiger partial charge in [-0.25, -0.2) is 4.98 Å². The highest BCUT2D eigenvalue weighted by molar-refractivity contribution is 7.09. The summed E-state index contributed by atoms with van der Waals surface area (Å²) < 4.78 is 0. The first-order valence-corrected chi connectivity index (χ1v) is 5.87. The highest BCUT2D eigenvalue weighted by atomic mass is 32.1. The molecule has 0 saturated heterocycles. The zero-order chi connectivity index (χ0) is 11.8. The molecule has 0 aliphatic carbocycles. The van der Waals surface area contributed by atoms with E-state index in [2.05, 4.69) is 19.9 Å². The number of nitrogens with one attached hydrogen (secondary N) is 2. The van der Waals surface area contributed by atoms with Crippen LogP contribution in [0.25, 0.3) is 11.2 Å². The first kappa shape index (κ1) is 10.0. The van der Waals surface area contributed by atoms with Crippen molar-refractivity contribution in [2.45, 2.75) is 6.42 Å². The van der Waals surface area contributed by atoms with Crippen LogP contribution in [0.4, 0.5) is 5.95 Å². The van der Waals surface area contributed by atoms with Crippen LogP contribution in [0.5, 0.6) is 0 Å². The molecule has 0 amide bonds. The van der Waals surface area contributed by atoms with Crippen molar-refractivity contribution in [3.63, 3.8) is 0 Å². The number of hydrogen-bond acceptors (Lipinski definition) is 5. The third-order valence-electron chi connectivity index (χ3n) is 2.35. The Labute approximate surface area is 99.5 Å². The molecule has 3 aromatic rings. The maximum atomic E-state index is 11.6. The third kappa shape index (κ3) is 1.80. The number of nitrogens with zero attached hydrogens (tertiary/aromatic N) is 2. The minimum Gasteiger partial charge on any atom is -0.369 e. The molecule has 86 valence electrons. The highest BCUT2D eigenvalue weighted by Gasteiger charge is 2.09. The molecule has 0 fully saturated rings. The van der Waals surface area contributed by atoms with Gasteiger partial charge in [-0.05, 0) is 11.4 Å². The fourth-order valence-electron chi connectivity index (χ4n) is 1.63. The maximum Gasteiger partial charge on any atom is 0.278 e. The molecule has 0 saturated carbocycles. The Hall–Kier alpha value is -2.15. The summed E-state index contributed by atoms with van der Waals surface area (Å²) in [5.41, 5.74) is 5.88. The molecular weight excluding hydrogens is 238 g/mol. The molecule has 0 unspecified atom stereocenters. The molecule has 0 bridgehead atoms. The number of nitrogens with two attached hydrogens (primary N) is 1. The average Bonchev–Trinajstić information content (AvgIpc) is 2.87. The fraction of sp³-hybridized carbons (Fsp3) is 0.100. The van der Waals surface area contributed by atoms with Crippen LogP contribution in [-0.2, 0) is 6.42 Å². The number of thiophene rings is 1. The van der Waals surface area contributed by atoms with Crippen molar-refractivity contribution in [3.05, 3.63) is 38.6 Å². The molecule has 17 heavy (non-hydrogen) atoms. The van der Waals surface area contributed by atoms with Gasteiger partial charge >= 0.3 is 0 Å². The summed E-state index contributed by atoms with van der Waals surface area (Å²) in [4.78, 5) is 26.4. The second-order valence-corrected chi connectivity index (χ2v) is 4.62. The molecule has 6 nitrogen and oxygen atoms in total. The Balaban J connectivity index is 2.08. The van der Waals surface area contributed by atoms with Gasteiger partial charge in [0.15, 0.2) is 11.2 Å². The smallest absolute Gasteiger partial charge is 0.278 e. The zero-order valence-corrected chi connectivity index (χ0v) is 9.54. The lowest BCUT2D eigenvalue weighted by molar-refractivity contribution is 1.05. The monoisotopic (exact) mass is 247 g/mol. The van der Waals surface area contributed by atoms with Gasteiger partial charge in [0.25, 0.3) is 5.56 Å². The Kier molecular flexibility index (Phi) is 2.19. The molecule has 0 aromatic carbocycles. The van der Waals surface area contributed by atoms with Crippen molar-refractivity contribution in [2.24, 2.45) is 0 Å². The van der Waals surface area contributed by atoms with Crippen LogP contribution in [0.1, 0.15) is 10.7 Å². The Morgan fingerprint density at radius 3 is 3.00 bits per heavy atom. The largest absolute Gasteiger partial charge is 0.369 e. The molecule has 3 heterocycles. The second-order valence-electron chi connectivity index (χ2n) is 3.59. The number of anilines is 1. The van der Waals surface area contributed by atoms with Crippen LogP contribution < -0.4 is 11.3 Å². The normalized spacial score (nSPS) is 11.1. The summed E-state index contributed by atoms with van der Waals surface area (Å²) in [6.45, 7) is 0. The first-order valence-electron chi connectivity index (χ1n) is 4.99. The maximum absolute atomic E-state index is 11.6. The Bertz CT molecular complexity index is 712. The number of aromatic amines is 2. The van der Waals surface area contributed by atoms with Crippen LogP contribution in [0.15, 0.2) is 22.3 Å². The van der Waals surface area contributed by atoms with E-state index in [1.165, 1.54) is 4.88 Å². The average molecular weight is 247 g/mol. The zero-order valence-electron chi connectivity index (χ0n) is 8.73. The van der Waals surface area contributed by atoms with Crippen molar-refractivity contribution in [1.29, 1.82) is 0 Å². The minimum atomic E-state index is -0.294. The molecule has 0 atom stereocenters. The van der Waals surface area contributed by atoms with E-state index in [1.54, 1.807) is 11.3 Å². The number of H-pyrrole nitrogens is 2. The first-order chi connectivity index (χ1) is 8.22. The van der Waals surface area contributed by atoms with E-state index in [-0.39, 0.29) is 11.5 Å². The van der Waals surface area contributed by atoms with Gasteiger partial charge in [-0.2, -0.15) is 4.98 Å². The van der Waals surface area contributed by atoms with Crippen molar-refractivity contribution in [3.8, 4) is 0 Å². The van der Waals surface area contributed by atoms with Gasteiger partial charge in [0.1, 0.15) is 5.82 Å². The van der Waals surface area contributed by atoms with Crippen LogP contribution in [0.2, 0.25) is 0 Å². The number of nitrogen functional groups attached to an aromatic ring is 1. The van der Waals surface area contributed by atoms with Crippen LogP contribution in [0, 0.1) is 0 Å². The minimum absolute atomic E-state index is 0.0803. The van der Waals surface area contributed by atoms with Gasteiger partial charge in [-0.1, -0.05) is 6.07 Å². The Morgan fingerprint density at radius 1 is 1.35 bits per heavy atom.